The summed E-state index contributed by atoms with van der Waals surface area (Å²) in [5.41, 5.74) is 5.31. The van der Waals surface area contributed by atoms with Crippen LogP contribution in [0.4, 0.5) is 0 Å². The summed E-state index contributed by atoms with van der Waals surface area (Å²) in [5, 5.41) is 12.2. The van der Waals surface area contributed by atoms with Gasteiger partial charge in [0.15, 0.2) is 0 Å². The monoisotopic (exact) mass is 217 g/mol. The number of amides is 1. The van der Waals surface area contributed by atoms with Gasteiger partial charge >= 0.3 is 0 Å². The molecule has 0 radical (unpaired) electrons. The highest BCUT2D eigenvalue weighted by atomic mass is 16.3. The number of aliphatic hydroxyl groups is 1. The third-order valence-electron chi connectivity index (χ3n) is 2.01. The second-order valence-corrected chi connectivity index (χ2v) is 3.94. The van der Waals surface area contributed by atoms with E-state index in [0.717, 1.165) is 6.54 Å². The summed E-state index contributed by atoms with van der Waals surface area (Å²) in [6, 6.07) is 0.149. The van der Waals surface area contributed by atoms with Gasteiger partial charge in [0.2, 0.25) is 5.91 Å². The largest absolute Gasteiger partial charge is 0.390 e. The molecule has 1 atom stereocenters. The van der Waals surface area contributed by atoms with E-state index in [0.29, 0.717) is 13.1 Å². The minimum Gasteiger partial charge on any atom is -0.390 e. The van der Waals surface area contributed by atoms with Gasteiger partial charge in [-0.1, -0.05) is 6.92 Å². The smallest absolute Gasteiger partial charge is 0.234 e. The molecule has 0 aromatic rings. The molecule has 0 aliphatic heterocycles. The van der Waals surface area contributed by atoms with Crippen molar-refractivity contribution < 1.29 is 9.90 Å². The molecule has 0 aromatic carbocycles. The highest BCUT2D eigenvalue weighted by molar-refractivity contribution is 5.78. The lowest BCUT2D eigenvalue weighted by Gasteiger charge is -2.22. The maximum Gasteiger partial charge on any atom is 0.234 e. The van der Waals surface area contributed by atoms with Crippen LogP contribution < -0.4 is 11.1 Å². The molecular formula is C10H23N3O2. The molecule has 0 saturated heterocycles. The molecule has 5 nitrogen and oxygen atoms in total. The van der Waals surface area contributed by atoms with Crippen LogP contribution in [0.1, 0.15) is 20.8 Å². The van der Waals surface area contributed by atoms with Crippen LogP contribution in [-0.4, -0.2) is 54.2 Å². The van der Waals surface area contributed by atoms with Gasteiger partial charge in [0, 0.05) is 19.1 Å². The van der Waals surface area contributed by atoms with Gasteiger partial charge in [-0.05, 0) is 20.4 Å². The molecule has 0 aliphatic rings. The van der Waals surface area contributed by atoms with Crippen LogP contribution in [0.2, 0.25) is 0 Å². The predicted molar refractivity (Wildman–Crippen MR) is 60.5 cm³/mol. The molecule has 4 N–H and O–H groups in total. The molecule has 0 heterocycles. The minimum atomic E-state index is -0.559. The number of likely N-dealkylation sites (N-methyl/N-ethyl adjacent to an activating group) is 1. The maximum atomic E-state index is 11.4. The normalized spacial score (nSPS) is 13.3. The van der Waals surface area contributed by atoms with Crippen molar-refractivity contribution in [3.8, 4) is 0 Å². The third-order valence-corrected chi connectivity index (χ3v) is 2.01. The highest BCUT2D eigenvalue weighted by Gasteiger charge is 2.12. The van der Waals surface area contributed by atoms with Crippen LogP contribution in [0.25, 0.3) is 0 Å². The quantitative estimate of drug-likeness (QED) is 0.519. The highest BCUT2D eigenvalue weighted by Crippen LogP contribution is 1.92. The van der Waals surface area contributed by atoms with Gasteiger partial charge in [0.05, 0.1) is 12.6 Å². The molecule has 0 aliphatic carbocycles. The third kappa shape index (κ3) is 7.30. The lowest BCUT2D eigenvalue weighted by molar-refractivity contribution is -0.122. The first-order chi connectivity index (χ1) is 6.99. The zero-order chi connectivity index (χ0) is 11.8. The Morgan fingerprint density at radius 3 is 2.53 bits per heavy atom. The fourth-order valence-electron chi connectivity index (χ4n) is 1.25. The van der Waals surface area contributed by atoms with E-state index in [2.05, 4.69) is 5.32 Å². The molecule has 0 rings (SSSR count). The predicted octanol–water partition coefficient (Wildman–Crippen LogP) is -0.847. The summed E-state index contributed by atoms with van der Waals surface area (Å²) in [4.78, 5) is 13.3. The molecule has 1 unspecified atom stereocenters. The Morgan fingerprint density at radius 1 is 1.53 bits per heavy atom. The minimum absolute atomic E-state index is 0.0175. The van der Waals surface area contributed by atoms with Crippen LogP contribution in [0, 0.1) is 0 Å². The first-order valence-electron chi connectivity index (χ1n) is 5.39. The van der Waals surface area contributed by atoms with Gasteiger partial charge in [-0.25, -0.2) is 0 Å². The lowest BCUT2D eigenvalue weighted by Crippen LogP contribution is -2.44. The van der Waals surface area contributed by atoms with Crippen molar-refractivity contribution in [2.75, 3.05) is 26.2 Å². The van der Waals surface area contributed by atoms with E-state index in [9.17, 15) is 9.90 Å². The van der Waals surface area contributed by atoms with Crippen molar-refractivity contribution >= 4 is 5.91 Å². The zero-order valence-corrected chi connectivity index (χ0v) is 9.86. The van der Waals surface area contributed by atoms with E-state index in [1.807, 2.05) is 25.7 Å². The average molecular weight is 217 g/mol. The number of nitrogens with zero attached hydrogens (tertiary/aromatic N) is 1. The molecule has 0 saturated carbocycles. The molecule has 0 bridgehead atoms. The van der Waals surface area contributed by atoms with Crippen molar-refractivity contribution in [3.05, 3.63) is 0 Å². The topological polar surface area (TPSA) is 78.6 Å². The Balaban J connectivity index is 3.92. The lowest BCUT2D eigenvalue weighted by atomic mass is 10.3. The van der Waals surface area contributed by atoms with Gasteiger partial charge in [-0.3, -0.25) is 9.69 Å². The summed E-state index contributed by atoms with van der Waals surface area (Å²) in [7, 11) is 0. The van der Waals surface area contributed by atoms with E-state index in [1.54, 1.807) is 0 Å². The summed E-state index contributed by atoms with van der Waals surface area (Å²) in [6.07, 6.45) is -0.559. The van der Waals surface area contributed by atoms with Crippen LogP contribution in [0.5, 0.6) is 0 Å². The fraction of sp³-hybridized carbons (Fsp3) is 0.900. The van der Waals surface area contributed by atoms with Crippen molar-refractivity contribution in [1.29, 1.82) is 0 Å². The number of carbonyl (C=O) groups is 1. The number of carbonyl (C=O) groups excluding carboxylic acids is 1. The second kappa shape index (κ2) is 7.62. The number of nitrogens with one attached hydrogen (secondary N) is 1. The van der Waals surface area contributed by atoms with E-state index in [-0.39, 0.29) is 18.5 Å². The Hall–Kier alpha value is -0.650. The van der Waals surface area contributed by atoms with Crippen LogP contribution in [0.3, 0.4) is 0 Å². The fourth-order valence-corrected chi connectivity index (χ4v) is 1.25. The first kappa shape index (κ1) is 14.3. The van der Waals surface area contributed by atoms with Crippen LogP contribution >= 0.6 is 0 Å². The molecule has 15 heavy (non-hydrogen) atoms. The summed E-state index contributed by atoms with van der Waals surface area (Å²) in [6.45, 7) is 7.49. The Kier molecular flexibility index (Phi) is 7.29. The molecule has 0 aromatic heterocycles. The molecule has 1 amide bonds. The number of nitrogens with two attached hydrogens (primary N) is 1. The first-order valence-corrected chi connectivity index (χ1v) is 5.39. The van der Waals surface area contributed by atoms with Gasteiger partial charge in [0.1, 0.15) is 0 Å². The number of hydrogen-bond acceptors (Lipinski definition) is 4. The number of hydrogen-bond donors (Lipinski definition) is 3. The molecule has 5 heteroatoms. The van der Waals surface area contributed by atoms with Crippen LogP contribution in [0.15, 0.2) is 0 Å². The van der Waals surface area contributed by atoms with Gasteiger partial charge in [-0.2, -0.15) is 0 Å². The van der Waals surface area contributed by atoms with Gasteiger partial charge in [-0.15, -0.1) is 0 Å². The van der Waals surface area contributed by atoms with Crippen molar-refractivity contribution in [2.24, 2.45) is 5.73 Å². The van der Waals surface area contributed by atoms with E-state index >= 15 is 0 Å². The van der Waals surface area contributed by atoms with E-state index in [4.69, 9.17) is 5.73 Å². The second-order valence-electron chi connectivity index (χ2n) is 3.94. The molecule has 0 fully saturated rings. The van der Waals surface area contributed by atoms with Crippen molar-refractivity contribution in [1.82, 2.24) is 10.2 Å². The van der Waals surface area contributed by atoms with E-state index < -0.39 is 6.10 Å². The van der Waals surface area contributed by atoms with Gasteiger partial charge < -0.3 is 16.2 Å². The zero-order valence-electron chi connectivity index (χ0n) is 9.86. The average Bonchev–Trinajstić information content (AvgIpc) is 2.15. The van der Waals surface area contributed by atoms with Crippen LogP contribution in [-0.2, 0) is 4.79 Å². The van der Waals surface area contributed by atoms with Gasteiger partial charge in [0.25, 0.3) is 0 Å². The molecule has 0 spiro atoms. The molecule has 90 valence electrons. The van der Waals surface area contributed by atoms with Crippen molar-refractivity contribution in [3.63, 3.8) is 0 Å². The van der Waals surface area contributed by atoms with E-state index in [1.165, 1.54) is 0 Å². The number of rotatable bonds is 7. The summed E-state index contributed by atoms with van der Waals surface area (Å²) < 4.78 is 0. The standard InChI is InChI=1S/C10H23N3O2/c1-4-13(6-9(14)5-11)7-10(15)12-8(2)3/h8-9,14H,4-7,11H2,1-3H3,(H,12,15). The Morgan fingerprint density at radius 2 is 2.13 bits per heavy atom. The molecular weight excluding hydrogens is 194 g/mol. The van der Waals surface area contributed by atoms with Crippen molar-refractivity contribution in [2.45, 2.75) is 32.9 Å². The summed E-state index contributed by atoms with van der Waals surface area (Å²) >= 11 is 0. The summed E-state index contributed by atoms with van der Waals surface area (Å²) in [5.74, 6) is -0.0175. The SMILES string of the molecule is CCN(CC(=O)NC(C)C)CC(O)CN. The Bertz CT molecular complexity index is 186. The Labute approximate surface area is 91.6 Å². The number of aliphatic hydroxyl groups excluding tert-OH is 1. The maximum absolute atomic E-state index is 11.4.